The summed E-state index contributed by atoms with van der Waals surface area (Å²) in [7, 11) is 3.34. The Kier molecular flexibility index (Phi) is 5.08. The number of anilines is 3. The minimum absolute atomic E-state index is 0.0833. The van der Waals surface area contributed by atoms with E-state index in [9.17, 15) is 9.59 Å². The fraction of sp³-hybridized carbons (Fsp3) is 0.192. The van der Waals surface area contributed by atoms with Crippen molar-refractivity contribution in [3.63, 3.8) is 0 Å². The average molecular weight is 553 g/mol. The Morgan fingerprint density at radius 3 is 2.15 bits per heavy atom. The third-order valence-electron chi connectivity index (χ3n) is 6.37. The van der Waals surface area contributed by atoms with E-state index in [1.54, 1.807) is 42.0 Å². The Labute approximate surface area is 205 Å². The molecule has 0 radical (unpaired) electrons. The number of likely N-dealkylation sites (N-methyl/N-ethyl adjacent to an activating group) is 2. The number of fused-ring (bicyclic) bond motifs is 2. The number of hydrogen-bond donors (Lipinski definition) is 0. The Hall–Kier alpha value is -3.14. The number of furan rings is 1. The van der Waals surface area contributed by atoms with Gasteiger partial charge in [-0.2, -0.15) is 0 Å². The number of amides is 2. The minimum atomic E-state index is -0.338. The van der Waals surface area contributed by atoms with Gasteiger partial charge in [0.1, 0.15) is 0 Å². The third kappa shape index (κ3) is 3.26. The summed E-state index contributed by atoms with van der Waals surface area (Å²) in [6.07, 6.45) is 1.56. The molecule has 2 aromatic carbocycles. The van der Waals surface area contributed by atoms with E-state index in [0.717, 1.165) is 16.9 Å². The molecule has 0 unspecified atom stereocenters. The number of para-hydroxylation sites is 2. The second-order valence-corrected chi connectivity index (χ2v) is 9.79. The fourth-order valence-corrected chi connectivity index (χ4v) is 4.96. The molecule has 0 saturated carbocycles. The molecule has 3 heterocycles. The molecule has 2 aliphatic rings. The van der Waals surface area contributed by atoms with Crippen molar-refractivity contribution in [2.24, 2.45) is 0 Å². The van der Waals surface area contributed by atoms with Crippen LogP contribution in [-0.2, 0) is 15.0 Å². The van der Waals surface area contributed by atoms with Gasteiger partial charge in [-0.1, -0.05) is 6.07 Å². The summed E-state index contributed by atoms with van der Waals surface area (Å²) in [5.74, 6) is 0.489. The van der Waals surface area contributed by atoms with E-state index in [1.807, 2.05) is 48.5 Å². The van der Waals surface area contributed by atoms with E-state index in [2.05, 4.69) is 30.9 Å². The number of hydrogen-bond acceptors (Lipinski definition) is 4. The van der Waals surface area contributed by atoms with Crippen LogP contribution in [0.25, 0.3) is 6.08 Å². The molecule has 0 N–H and O–H groups in total. The molecule has 33 heavy (non-hydrogen) atoms. The van der Waals surface area contributed by atoms with Crippen LogP contribution in [0.3, 0.4) is 0 Å². The van der Waals surface area contributed by atoms with Crippen LogP contribution >= 0.6 is 0 Å². The second-order valence-electron chi connectivity index (χ2n) is 8.75. The molecule has 0 bridgehead atoms. The Morgan fingerprint density at radius 2 is 1.48 bits per heavy atom. The van der Waals surface area contributed by atoms with Gasteiger partial charge in [0.05, 0.1) is 0 Å². The van der Waals surface area contributed by atoms with E-state index >= 15 is 0 Å². The molecule has 2 aliphatic heterocycles. The van der Waals surface area contributed by atoms with Gasteiger partial charge < -0.3 is 0 Å². The number of carbonyl (C=O) groups excluding carboxylic acids is 2. The zero-order chi connectivity index (χ0) is 23.5. The maximum absolute atomic E-state index is 12.9. The number of carbonyl (C=O) groups is 2. The van der Waals surface area contributed by atoms with Crippen molar-refractivity contribution in [1.82, 2.24) is 9.80 Å². The van der Waals surface area contributed by atoms with Gasteiger partial charge >= 0.3 is 200 Å². The summed E-state index contributed by atoms with van der Waals surface area (Å²) in [5.41, 5.74) is 3.96. The van der Waals surface area contributed by atoms with Crippen molar-refractivity contribution < 1.29 is 14.0 Å². The molecule has 2 amide bonds. The van der Waals surface area contributed by atoms with Gasteiger partial charge in [0, 0.05) is 0 Å². The first-order valence-corrected chi connectivity index (χ1v) is 11.8. The number of benzene rings is 2. The topological polar surface area (TPSA) is 57.0 Å². The molecule has 0 atom stereocenters. The average Bonchev–Trinajstić information content (AvgIpc) is 3.25. The van der Waals surface area contributed by atoms with Gasteiger partial charge in [0.15, 0.2) is 0 Å². The van der Waals surface area contributed by atoms with Crippen molar-refractivity contribution in [2.75, 3.05) is 19.0 Å². The SMILES string of the molecule is CN1C(=O)C(=Cc2cc3c(o2)N(c2ccccc2)c2ccccc2C3(C)C)C(=O)N(C)C1=[Te]. The van der Waals surface area contributed by atoms with E-state index in [-0.39, 0.29) is 22.8 Å². The zero-order valence-electron chi connectivity index (χ0n) is 18.8. The first kappa shape index (κ1) is 21.7. The van der Waals surface area contributed by atoms with Crippen LogP contribution in [0.4, 0.5) is 17.3 Å². The molecule has 0 aliphatic carbocycles. The van der Waals surface area contributed by atoms with Gasteiger partial charge in [-0.3, -0.25) is 0 Å². The standard InChI is InChI=1S/C26H23N3O3Te/c1-26(2)19-12-8-9-13-21(19)29(16-10-6-5-7-11-16)24-20(26)15-17(32-24)14-18-22(30)27(3)25(33)28(4)23(18)31/h5-15H,1-4H3. The van der Waals surface area contributed by atoms with E-state index < -0.39 is 0 Å². The first-order valence-electron chi connectivity index (χ1n) is 10.6. The van der Waals surface area contributed by atoms with Gasteiger partial charge in [0.25, 0.3) is 0 Å². The third-order valence-corrected chi connectivity index (χ3v) is 7.93. The maximum atomic E-state index is 12.9. The Bertz CT molecular complexity index is 1310. The van der Waals surface area contributed by atoms with Gasteiger partial charge in [-0.25, -0.2) is 0 Å². The molecule has 7 heteroatoms. The van der Waals surface area contributed by atoms with Crippen LogP contribution in [-0.4, -0.2) is 61.3 Å². The van der Waals surface area contributed by atoms with Crippen LogP contribution in [0.2, 0.25) is 0 Å². The second kappa shape index (κ2) is 7.72. The predicted molar refractivity (Wildman–Crippen MR) is 130 cm³/mol. The number of nitrogens with zero attached hydrogens (tertiary/aromatic N) is 3. The summed E-state index contributed by atoms with van der Waals surface area (Å²) < 4.78 is 6.96. The molecule has 3 aromatic rings. The summed E-state index contributed by atoms with van der Waals surface area (Å²) in [6.45, 7) is 4.33. The van der Waals surface area contributed by atoms with Crippen LogP contribution in [0.1, 0.15) is 30.7 Å². The molecular weight excluding hydrogens is 530 g/mol. The molecule has 5 rings (SSSR count). The van der Waals surface area contributed by atoms with Crippen LogP contribution in [0.15, 0.2) is 70.7 Å². The van der Waals surface area contributed by atoms with Crippen molar-refractivity contribution >= 4 is 60.8 Å². The molecule has 1 aromatic heterocycles. The van der Waals surface area contributed by atoms with Crippen LogP contribution in [0.5, 0.6) is 0 Å². The summed E-state index contributed by atoms with van der Waals surface area (Å²) in [6, 6.07) is 20.3. The van der Waals surface area contributed by atoms with Crippen molar-refractivity contribution in [3.05, 3.63) is 83.1 Å². The summed E-state index contributed by atoms with van der Waals surface area (Å²) >= 11 is 1.66. The molecule has 166 valence electrons. The van der Waals surface area contributed by atoms with Crippen molar-refractivity contribution in [1.29, 1.82) is 0 Å². The van der Waals surface area contributed by atoms with Crippen LogP contribution in [0, 0.1) is 0 Å². The Balaban J connectivity index is 1.69. The van der Waals surface area contributed by atoms with Crippen molar-refractivity contribution in [3.8, 4) is 0 Å². The van der Waals surface area contributed by atoms with Gasteiger partial charge in [0.2, 0.25) is 0 Å². The van der Waals surface area contributed by atoms with E-state index in [1.165, 1.54) is 15.4 Å². The normalized spacial score (nSPS) is 17.3. The molecular formula is C26H23N3O3Te. The molecule has 1 fully saturated rings. The summed E-state index contributed by atoms with van der Waals surface area (Å²) in [5, 5.41) is 0. The van der Waals surface area contributed by atoms with Crippen LogP contribution < -0.4 is 4.90 Å². The molecule has 1 saturated heterocycles. The first-order chi connectivity index (χ1) is 15.7. The zero-order valence-corrected chi connectivity index (χ0v) is 21.2. The monoisotopic (exact) mass is 555 g/mol. The Morgan fingerprint density at radius 1 is 0.879 bits per heavy atom. The fourth-order valence-electron chi connectivity index (χ4n) is 4.49. The van der Waals surface area contributed by atoms with Gasteiger partial charge in [-0.15, -0.1) is 0 Å². The molecule has 0 spiro atoms. The van der Waals surface area contributed by atoms with Gasteiger partial charge in [-0.05, 0) is 0 Å². The molecule has 6 nitrogen and oxygen atoms in total. The predicted octanol–water partition coefficient (Wildman–Crippen LogP) is 3.96. The summed E-state index contributed by atoms with van der Waals surface area (Å²) in [4.78, 5) is 30.8. The quantitative estimate of drug-likeness (QED) is 0.274. The van der Waals surface area contributed by atoms with E-state index in [4.69, 9.17) is 4.42 Å². The van der Waals surface area contributed by atoms with Crippen molar-refractivity contribution in [2.45, 2.75) is 19.3 Å². The number of rotatable bonds is 2. The van der Waals surface area contributed by atoms with E-state index in [0.29, 0.717) is 15.4 Å².